The van der Waals surface area contributed by atoms with E-state index in [1.807, 2.05) is 18.4 Å². The lowest BCUT2D eigenvalue weighted by molar-refractivity contribution is 0.0705. The third-order valence-electron chi connectivity index (χ3n) is 2.85. The Labute approximate surface area is 128 Å². The van der Waals surface area contributed by atoms with Crippen LogP contribution in [0.25, 0.3) is 10.2 Å². The van der Waals surface area contributed by atoms with Gasteiger partial charge in [0.2, 0.25) is 5.95 Å². The second-order valence-electron chi connectivity index (χ2n) is 4.45. The molecule has 21 heavy (non-hydrogen) atoms. The molecular formula is C14H22N4O2S. The monoisotopic (exact) mass is 310 g/mol. The van der Waals surface area contributed by atoms with E-state index in [9.17, 15) is 0 Å². The van der Waals surface area contributed by atoms with Crippen molar-refractivity contribution >= 4 is 33.3 Å². The van der Waals surface area contributed by atoms with Crippen molar-refractivity contribution in [1.82, 2.24) is 9.97 Å². The molecule has 0 saturated heterocycles. The quantitative estimate of drug-likeness (QED) is 0.657. The van der Waals surface area contributed by atoms with Crippen LogP contribution in [0.15, 0.2) is 11.4 Å². The molecular weight excluding hydrogens is 288 g/mol. The van der Waals surface area contributed by atoms with Gasteiger partial charge < -0.3 is 20.1 Å². The first-order valence-electron chi connectivity index (χ1n) is 7.14. The molecule has 2 rings (SSSR count). The van der Waals surface area contributed by atoms with E-state index in [0.29, 0.717) is 25.8 Å². The van der Waals surface area contributed by atoms with Gasteiger partial charge in [0, 0.05) is 26.8 Å². The molecule has 2 aromatic heterocycles. The first-order valence-corrected chi connectivity index (χ1v) is 8.02. The number of thiophene rings is 1. The number of nitrogens with zero attached hydrogens (tertiary/aromatic N) is 2. The number of ether oxygens (including phenoxy) is 2. The summed E-state index contributed by atoms with van der Waals surface area (Å²) in [5, 5.41) is 9.64. The molecule has 0 aliphatic heterocycles. The summed E-state index contributed by atoms with van der Waals surface area (Å²) in [7, 11) is 1.67. The predicted molar refractivity (Wildman–Crippen MR) is 87.4 cm³/mol. The molecule has 0 unspecified atom stereocenters. The van der Waals surface area contributed by atoms with Crippen LogP contribution >= 0.6 is 11.3 Å². The topological polar surface area (TPSA) is 68.3 Å². The number of nitrogens with one attached hydrogen (secondary N) is 2. The van der Waals surface area contributed by atoms with Crippen LogP contribution in [0.3, 0.4) is 0 Å². The van der Waals surface area contributed by atoms with Crippen LogP contribution in [0.4, 0.5) is 11.8 Å². The van der Waals surface area contributed by atoms with E-state index < -0.39 is 0 Å². The van der Waals surface area contributed by atoms with Gasteiger partial charge in [0.25, 0.3) is 0 Å². The van der Waals surface area contributed by atoms with Crippen molar-refractivity contribution in [2.75, 3.05) is 50.7 Å². The SMILES string of the molecule is CCNc1nc(NCCCOCCOC)c2ccsc2n1. The molecule has 0 bridgehead atoms. The summed E-state index contributed by atoms with van der Waals surface area (Å²) in [5.41, 5.74) is 0. The van der Waals surface area contributed by atoms with Crippen LogP contribution in [-0.2, 0) is 9.47 Å². The van der Waals surface area contributed by atoms with Crippen LogP contribution in [-0.4, -0.2) is 50.0 Å². The first-order chi connectivity index (χ1) is 10.3. The van der Waals surface area contributed by atoms with Gasteiger partial charge in [-0.2, -0.15) is 4.98 Å². The minimum absolute atomic E-state index is 0.640. The van der Waals surface area contributed by atoms with Crippen LogP contribution in [0.2, 0.25) is 0 Å². The third-order valence-corrected chi connectivity index (χ3v) is 3.66. The fourth-order valence-electron chi connectivity index (χ4n) is 1.85. The van der Waals surface area contributed by atoms with Gasteiger partial charge in [-0.3, -0.25) is 0 Å². The maximum Gasteiger partial charge on any atom is 0.226 e. The summed E-state index contributed by atoms with van der Waals surface area (Å²) in [6.45, 7) is 5.66. The molecule has 0 radical (unpaired) electrons. The fraction of sp³-hybridized carbons (Fsp3) is 0.571. The van der Waals surface area contributed by atoms with E-state index in [-0.39, 0.29) is 0 Å². The molecule has 6 nitrogen and oxygen atoms in total. The molecule has 0 atom stereocenters. The second kappa shape index (κ2) is 8.76. The standard InChI is InChI=1S/C14H22N4O2S/c1-3-15-14-17-12(11-5-10-21-13(11)18-14)16-6-4-7-20-9-8-19-2/h5,10H,3-4,6-9H2,1-2H3,(H2,15,16,17,18). The van der Waals surface area contributed by atoms with Crippen LogP contribution in [0.1, 0.15) is 13.3 Å². The van der Waals surface area contributed by atoms with E-state index in [2.05, 4.69) is 20.6 Å². The Morgan fingerprint density at radius 3 is 2.90 bits per heavy atom. The normalized spacial score (nSPS) is 11.0. The molecule has 0 aliphatic carbocycles. The fourth-order valence-corrected chi connectivity index (χ4v) is 2.62. The summed E-state index contributed by atoms with van der Waals surface area (Å²) >= 11 is 1.62. The molecule has 0 fully saturated rings. The van der Waals surface area contributed by atoms with Gasteiger partial charge in [0.1, 0.15) is 10.6 Å². The predicted octanol–water partition coefficient (Wildman–Crippen LogP) is 2.59. The highest BCUT2D eigenvalue weighted by Gasteiger charge is 2.07. The van der Waals surface area contributed by atoms with Gasteiger partial charge in [-0.05, 0) is 24.8 Å². The van der Waals surface area contributed by atoms with Crippen molar-refractivity contribution in [3.63, 3.8) is 0 Å². The highest BCUT2D eigenvalue weighted by molar-refractivity contribution is 7.16. The summed E-state index contributed by atoms with van der Waals surface area (Å²) in [6, 6.07) is 2.05. The lowest BCUT2D eigenvalue weighted by Gasteiger charge is -2.09. The maximum atomic E-state index is 5.44. The Balaban J connectivity index is 1.87. The van der Waals surface area contributed by atoms with Crippen molar-refractivity contribution < 1.29 is 9.47 Å². The zero-order valence-electron chi connectivity index (χ0n) is 12.5. The molecule has 0 saturated carbocycles. The average molecular weight is 310 g/mol. The number of methoxy groups -OCH3 is 1. The Kier molecular flexibility index (Phi) is 6.65. The molecule has 0 amide bonds. The van der Waals surface area contributed by atoms with Crippen molar-refractivity contribution in [2.45, 2.75) is 13.3 Å². The zero-order valence-corrected chi connectivity index (χ0v) is 13.3. The Morgan fingerprint density at radius 2 is 2.10 bits per heavy atom. The maximum absolute atomic E-state index is 5.44. The second-order valence-corrected chi connectivity index (χ2v) is 5.35. The molecule has 7 heteroatoms. The molecule has 0 spiro atoms. The minimum Gasteiger partial charge on any atom is -0.382 e. The number of fused-ring (bicyclic) bond motifs is 1. The lowest BCUT2D eigenvalue weighted by Crippen LogP contribution is -2.10. The third kappa shape index (κ3) is 4.80. The minimum atomic E-state index is 0.640. The van der Waals surface area contributed by atoms with Gasteiger partial charge in [-0.15, -0.1) is 11.3 Å². The zero-order chi connectivity index (χ0) is 14.9. The first kappa shape index (κ1) is 15.9. The highest BCUT2D eigenvalue weighted by Crippen LogP contribution is 2.26. The molecule has 0 aromatic carbocycles. The highest BCUT2D eigenvalue weighted by atomic mass is 32.1. The molecule has 2 heterocycles. The van der Waals surface area contributed by atoms with Crippen molar-refractivity contribution in [2.24, 2.45) is 0 Å². The summed E-state index contributed by atoms with van der Waals surface area (Å²) in [4.78, 5) is 10.0. The van der Waals surface area contributed by atoms with Crippen LogP contribution in [0.5, 0.6) is 0 Å². The van der Waals surface area contributed by atoms with Crippen molar-refractivity contribution in [3.8, 4) is 0 Å². The van der Waals surface area contributed by atoms with Crippen molar-refractivity contribution in [3.05, 3.63) is 11.4 Å². The van der Waals surface area contributed by atoms with E-state index in [0.717, 1.165) is 35.5 Å². The Hall–Kier alpha value is -1.44. The summed E-state index contributed by atoms with van der Waals surface area (Å²) < 4.78 is 10.4. The van der Waals surface area contributed by atoms with Gasteiger partial charge in [-0.25, -0.2) is 4.98 Å². The van der Waals surface area contributed by atoms with E-state index in [4.69, 9.17) is 9.47 Å². The number of hydrogen-bond acceptors (Lipinski definition) is 7. The molecule has 0 aliphatic rings. The van der Waals surface area contributed by atoms with Gasteiger partial charge in [0.15, 0.2) is 0 Å². The average Bonchev–Trinajstić information content (AvgIpc) is 2.95. The van der Waals surface area contributed by atoms with Gasteiger partial charge in [-0.1, -0.05) is 0 Å². The van der Waals surface area contributed by atoms with Gasteiger partial charge >= 0.3 is 0 Å². The molecule has 116 valence electrons. The number of aromatic nitrogens is 2. The van der Waals surface area contributed by atoms with Gasteiger partial charge in [0.05, 0.1) is 18.6 Å². The van der Waals surface area contributed by atoms with Crippen molar-refractivity contribution in [1.29, 1.82) is 0 Å². The molecule has 2 aromatic rings. The summed E-state index contributed by atoms with van der Waals surface area (Å²) in [6.07, 6.45) is 0.926. The Bertz CT molecular complexity index is 547. The number of rotatable bonds is 10. The van der Waals surface area contributed by atoms with Crippen LogP contribution in [0, 0.1) is 0 Å². The summed E-state index contributed by atoms with van der Waals surface area (Å²) in [5.74, 6) is 1.56. The molecule has 2 N–H and O–H groups in total. The van der Waals surface area contributed by atoms with E-state index >= 15 is 0 Å². The Morgan fingerprint density at radius 1 is 1.19 bits per heavy atom. The number of hydrogen-bond donors (Lipinski definition) is 2. The van der Waals surface area contributed by atoms with E-state index in [1.54, 1.807) is 18.4 Å². The van der Waals surface area contributed by atoms with Crippen LogP contribution < -0.4 is 10.6 Å². The van der Waals surface area contributed by atoms with E-state index in [1.165, 1.54) is 0 Å². The number of anilines is 2. The largest absolute Gasteiger partial charge is 0.382 e. The smallest absolute Gasteiger partial charge is 0.226 e. The lowest BCUT2D eigenvalue weighted by atomic mass is 10.3.